The quantitative estimate of drug-likeness (QED) is 0.771. The molecule has 1 N–H and O–H groups in total. The average molecular weight is 225 g/mol. The van der Waals surface area contributed by atoms with E-state index in [4.69, 9.17) is 4.74 Å². The van der Waals surface area contributed by atoms with Crippen LogP contribution in [0.25, 0.3) is 0 Å². The first-order chi connectivity index (χ1) is 7.71. The summed E-state index contributed by atoms with van der Waals surface area (Å²) in [4.78, 5) is 0. The van der Waals surface area contributed by atoms with E-state index in [1.54, 1.807) is 7.11 Å². The van der Waals surface area contributed by atoms with Gasteiger partial charge in [0, 0.05) is 31.5 Å². The highest BCUT2D eigenvalue weighted by Gasteiger charge is 2.12. The van der Waals surface area contributed by atoms with Crippen LogP contribution in [0.5, 0.6) is 0 Å². The Morgan fingerprint density at radius 3 is 2.75 bits per heavy atom. The molecule has 1 aromatic rings. The molecule has 0 aliphatic rings. The van der Waals surface area contributed by atoms with Crippen LogP contribution in [0.15, 0.2) is 12.4 Å². The molecular formula is C12H23N3O. The summed E-state index contributed by atoms with van der Waals surface area (Å²) in [5.41, 5.74) is 1.26. The van der Waals surface area contributed by atoms with Crippen molar-refractivity contribution in [2.75, 3.05) is 14.2 Å². The molecule has 1 heterocycles. The minimum Gasteiger partial charge on any atom is -0.382 e. The molecule has 0 radical (unpaired) electrons. The number of hydrogen-bond acceptors (Lipinski definition) is 3. The third kappa shape index (κ3) is 3.61. The highest BCUT2D eigenvalue weighted by atomic mass is 16.5. The van der Waals surface area contributed by atoms with Gasteiger partial charge in [0.1, 0.15) is 0 Å². The van der Waals surface area contributed by atoms with Crippen LogP contribution in [0, 0.1) is 0 Å². The third-order valence-corrected chi connectivity index (χ3v) is 2.99. The summed E-state index contributed by atoms with van der Waals surface area (Å²) in [6.07, 6.45) is 6.50. The van der Waals surface area contributed by atoms with Gasteiger partial charge in [-0.05, 0) is 33.7 Å². The van der Waals surface area contributed by atoms with E-state index in [0.29, 0.717) is 12.1 Å². The summed E-state index contributed by atoms with van der Waals surface area (Å²) in [5, 5.41) is 7.62. The molecule has 16 heavy (non-hydrogen) atoms. The Kier molecular flexibility index (Phi) is 5.49. The lowest BCUT2D eigenvalue weighted by Crippen LogP contribution is -2.18. The van der Waals surface area contributed by atoms with Gasteiger partial charge < -0.3 is 10.1 Å². The molecule has 0 saturated heterocycles. The molecule has 0 spiro atoms. The normalized spacial score (nSPS) is 15.0. The maximum atomic E-state index is 5.26. The molecule has 0 aliphatic heterocycles. The van der Waals surface area contributed by atoms with Crippen LogP contribution in [0.4, 0.5) is 0 Å². The predicted molar refractivity (Wildman–Crippen MR) is 65.4 cm³/mol. The van der Waals surface area contributed by atoms with Crippen molar-refractivity contribution in [1.29, 1.82) is 0 Å². The molecule has 1 aromatic heterocycles. The van der Waals surface area contributed by atoms with E-state index in [1.165, 1.54) is 5.56 Å². The van der Waals surface area contributed by atoms with Crippen LogP contribution in [-0.4, -0.2) is 30.0 Å². The highest BCUT2D eigenvalue weighted by Crippen LogP contribution is 2.18. The van der Waals surface area contributed by atoms with Gasteiger partial charge in [0.2, 0.25) is 0 Å². The lowest BCUT2D eigenvalue weighted by molar-refractivity contribution is 0.106. The topological polar surface area (TPSA) is 39.1 Å². The van der Waals surface area contributed by atoms with Gasteiger partial charge in [-0.15, -0.1) is 0 Å². The lowest BCUT2D eigenvalue weighted by Gasteiger charge is -2.16. The number of aryl methyl sites for hydroxylation is 1. The molecule has 4 heteroatoms. The van der Waals surface area contributed by atoms with Crippen molar-refractivity contribution in [2.24, 2.45) is 0 Å². The van der Waals surface area contributed by atoms with Crippen molar-refractivity contribution in [3.63, 3.8) is 0 Å². The van der Waals surface area contributed by atoms with Gasteiger partial charge in [-0.1, -0.05) is 0 Å². The second-order valence-corrected chi connectivity index (χ2v) is 4.09. The molecular weight excluding hydrogens is 202 g/mol. The monoisotopic (exact) mass is 225 g/mol. The predicted octanol–water partition coefficient (Wildman–Crippen LogP) is 1.98. The smallest absolute Gasteiger partial charge is 0.0543 e. The summed E-state index contributed by atoms with van der Waals surface area (Å²) in [7, 11) is 3.75. The zero-order valence-electron chi connectivity index (χ0n) is 10.7. The minimum atomic E-state index is 0.317. The molecule has 2 atom stereocenters. The Morgan fingerprint density at radius 1 is 1.50 bits per heavy atom. The van der Waals surface area contributed by atoms with Gasteiger partial charge in [0.05, 0.1) is 12.3 Å². The number of nitrogens with zero attached hydrogens (tertiary/aromatic N) is 2. The third-order valence-electron chi connectivity index (χ3n) is 2.99. The van der Waals surface area contributed by atoms with E-state index in [9.17, 15) is 0 Å². The van der Waals surface area contributed by atoms with Gasteiger partial charge in [-0.25, -0.2) is 0 Å². The first-order valence-electron chi connectivity index (χ1n) is 5.93. The minimum absolute atomic E-state index is 0.317. The van der Waals surface area contributed by atoms with Crippen molar-refractivity contribution < 1.29 is 4.74 Å². The first kappa shape index (κ1) is 13.2. The molecule has 0 fully saturated rings. The summed E-state index contributed by atoms with van der Waals surface area (Å²) < 4.78 is 7.22. The SMILES string of the molecule is CCn1cc(C(CCC(C)OC)NC)cn1. The van der Waals surface area contributed by atoms with Crippen LogP contribution >= 0.6 is 0 Å². The van der Waals surface area contributed by atoms with Crippen LogP contribution in [0.1, 0.15) is 38.3 Å². The molecule has 0 bridgehead atoms. The summed E-state index contributed by atoms with van der Waals surface area (Å²) >= 11 is 0. The molecule has 4 nitrogen and oxygen atoms in total. The van der Waals surface area contributed by atoms with E-state index in [-0.39, 0.29) is 0 Å². The van der Waals surface area contributed by atoms with E-state index in [0.717, 1.165) is 19.4 Å². The Hall–Kier alpha value is -0.870. The Labute approximate surface area is 98.0 Å². The van der Waals surface area contributed by atoms with Crippen LogP contribution < -0.4 is 5.32 Å². The zero-order chi connectivity index (χ0) is 12.0. The van der Waals surface area contributed by atoms with Gasteiger partial charge in [0.15, 0.2) is 0 Å². The van der Waals surface area contributed by atoms with Crippen molar-refractivity contribution in [1.82, 2.24) is 15.1 Å². The molecule has 0 saturated carbocycles. The van der Waals surface area contributed by atoms with E-state index in [1.807, 2.05) is 17.9 Å². The Bertz CT molecular complexity index is 298. The Balaban J connectivity index is 2.53. The van der Waals surface area contributed by atoms with Crippen molar-refractivity contribution >= 4 is 0 Å². The largest absolute Gasteiger partial charge is 0.382 e. The number of ether oxygens (including phenoxy) is 1. The van der Waals surface area contributed by atoms with Gasteiger partial charge in [0.25, 0.3) is 0 Å². The summed E-state index contributed by atoms with van der Waals surface area (Å²) in [6.45, 7) is 5.12. The average Bonchev–Trinajstić information content (AvgIpc) is 2.78. The molecule has 2 unspecified atom stereocenters. The van der Waals surface area contributed by atoms with Gasteiger partial charge in [-0.3, -0.25) is 4.68 Å². The first-order valence-corrected chi connectivity index (χ1v) is 5.93. The fourth-order valence-electron chi connectivity index (χ4n) is 1.73. The zero-order valence-corrected chi connectivity index (χ0v) is 10.7. The fourth-order valence-corrected chi connectivity index (χ4v) is 1.73. The van der Waals surface area contributed by atoms with Crippen molar-refractivity contribution in [3.05, 3.63) is 18.0 Å². The van der Waals surface area contributed by atoms with Crippen molar-refractivity contribution in [2.45, 2.75) is 45.4 Å². The number of rotatable bonds is 7. The Morgan fingerprint density at radius 2 is 2.25 bits per heavy atom. The molecule has 0 aromatic carbocycles. The van der Waals surface area contributed by atoms with Crippen LogP contribution in [0.3, 0.4) is 0 Å². The maximum absolute atomic E-state index is 5.26. The van der Waals surface area contributed by atoms with Crippen LogP contribution in [-0.2, 0) is 11.3 Å². The molecule has 0 aliphatic carbocycles. The molecule has 92 valence electrons. The summed E-state index contributed by atoms with van der Waals surface area (Å²) in [6, 6.07) is 0.373. The second-order valence-electron chi connectivity index (χ2n) is 4.09. The number of nitrogens with one attached hydrogen (secondary N) is 1. The van der Waals surface area contributed by atoms with E-state index < -0.39 is 0 Å². The number of aromatic nitrogens is 2. The second kappa shape index (κ2) is 6.66. The summed E-state index contributed by atoms with van der Waals surface area (Å²) in [5.74, 6) is 0. The molecule has 1 rings (SSSR count). The van der Waals surface area contributed by atoms with Gasteiger partial charge >= 0.3 is 0 Å². The van der Waals surface area contributed by atoms with Gasteiger partial charge in [-0.2, -0.15) is 5.10 Å². The van der Waals surface area contributed by atoms with Crippen molar-refractivity contribution in [3.8, 4) is 0 Å². The lowest BCUT2D eigenvalue weighted by atomic mass is 10.0. The standard InChI is InChI=1S/C12H23N3O/c1-5-15-9-11(8-14-15)12(13-3)7-6-10(2)16-4/h8-10,12-13H,5-7H2,1-4H3. The van der Waals surface area contributed by atoms with Crippen LogP contribution in [0.2, 0.25) is 0 Å². The number of methoxy groups -OCH3 is 1. The van der Waals surface area contributed by atoms with E-state index >= 15 is 0 Å². The number of hydrogen-bond donors (Lipinski definition) is 1. The fraction of sp³-hybridized carbons (Fsp3) is 0.750. The highest BCUT2D eigenvalue weighted by molar-refractivity contribution is 5.10. The molecule has 0 amide bonds. The van der Waals surface area contributed by atoms with E-state index in [2.05, 4.69) is 30.5 Å². The maximum Gasteiger partial charge on any atom is 0.0543 e.